The van der Waals surface area contributed by atoms with Gasteiger partial charge in [-0.15, -0.1) is 0 Å². The molecule has 0 atom stereocenters. The van der Waals surface area contributed by atoms with Crippen molar-refractivity contribution in [1.82, 2.24) is 9.71 Å². The third-order valence-electron chi connectivity index (χ3n) is 3.19. The van der Waals surface area contributed by atoms with Crippen LogP contribution >= 0.6 is 11.6 Å². The molecule has 1 N–H and O–H groups in total. The molecular formula is C17H18ClFN2O4S. The van der Waals surface area contributed by atoms with E-state index in [1.165, 1.54) is 18.3 Å². The van der Waals surface area contributed by atoms with Gasteiger partial charge in [0.05, 0.1) is 18.4 Å². The number of nitrogens with one attached hydrogen (secondary N) is 1. The first-order chi connectivity index (χ1) is 12.1. The van der Waals surface area contributed by atoms with Crippen molar-refractivity contribution >= 4 is 27.5 Å². The monoisotopic (exact) mass is 400 g/mol. The van der Waals surface area contributed by atoms with E-state index in [1.807, 2.05) is 13.8 Å². The number of carbonyl (C=O) groups is 1. The van der Waals surface area contributed by atoms with E-state index in [4.69, 9.17) is 16.3 Å². The molecule has 0 radical (unpaired) electrons. The summed E-state index contributed by atoms with van der Waals surface area (Å²) >= 11 is 6.14. The van der Waals surface area contributed by atoms with Crippen molar-refractivity contribution in [3.05, 3.63) is 46.9 Å². The lowest BCUT2D eigenvalue weighted by Gasteiger charge is -2.11. The average molecular weight is 401 g/mol. The van der Waals surface area contributed by atoms with Gasteiger partial charge in [0.15, 0.2) is 0 Å². The molecule has 0 fully saturated rings. The van der Waals surface area contributed by atoms with Gasteiger partial charge < -0.3 is 4.74 Å². The number of rotatable bonds is 6. The number of hydrogen-bond acceptors (Lipinski definition) is 5. The molecule has 1 heterocycles. The molecule has 0 bridgehead atoms. The zero-order valence-electron chi connectivity index (χ0n) is 14.4. The average Bonchev–Trinajstić information content (AvgIpc) is 2.51. The Bertz CT molecular complexity index is 932. The molecule has 140 valence electrons. The quantitative estimate of drug-likeness (QED) is 0.804. The Hall–Kier alpha value is -2.19. The molecule has 1 aromatic carbocycles. The number of sulfonamides is 1. The van der Waals surface area contributed by atoms with Crippen LogP contribution in [0.1, 0.15) is 24.2 Å². The second kappa shape index (κ2) is 8.01. The maximum atomic E-state index is 14.2. The summed E-state index contributed by atoms with van der Waals surface area (Å²) < 4.78 is 43.6. The summed E-state index contributed by atoms with van der Waals surface area (Å²) in [7, 11) is -3.78. The highest BCUT2D eigenvalue weighted by atomic mass is 35.5. The lowest BCUT2D eigenvalue weighted by atomic mass is 10.0. The highest BCUT2D eigenvalue weighted by molar-refractivity contribution is 7.89. The zero-order chi connectivity index (χ0) is 19.5. The van der Waals surface area contributed by atoms with Gasteiger partial charge in [-0.2, -0.15) is 0 Å². The topological polar surface area (TPSA) is 85.4 Å². The third kappa shape index (κ3) is 5.40. The van der Waals surface area contributed by atoms with Crippen molar-refractivity contribution in [3.63, 3.8) is 0 Å². The number of nitrogens with zero attached hydrogens (tertiary/aromatic N) is 1. The molecule has 6 nitrogen and oxygen atoms in total. The van der Waals surface area contributed by atoms with E-state index < -0.39 is 21.7 Å². The van der Waals surface area contributed by atoms with Crippen LogP contribution in [0.4, 0.5) is 4.39 Å². The summed E-state index contributed by atoms with van der Waals surface area (Å²) in [6.07, 6.45) is 2.29. The molecule has 26 heavy (non-hydrogen) atoms. The minimum absolute atomic E-state index is 0.280. The van der Waals surface area contributed by atoms with Crippen molar-refractivity contribution in [1.29, 1.82) is 0 Å². The van der Waals surface area contributed by atoms with E-state index in [0.29, 0.717) is 23.7 Å². The standard InChI is InChI=1S/C17H18ClFN2O4S/c1-10(2)9-25-17-14(18)6-12(8-20-17)11-4-5-13(15(19)7-11)16(22)21-26(3,23)24/h4-8,10H,9H2,1-3H3,(H,21,22). The molecular weight excluding hydrogens is 383 g/mol. The first-order valence-corrected chi connectivity index (χ1v) is 9.94. The molecule has 1 amide bonds. The Kier molecular flexibility index (Phi) is 6.20. The van der Waals surface area contributed by atoms with Crippen LogP contribution in [0.2, 0.25) is 5.02 Å². The maximum absolute atomic E-state index is 14.2. The second-order valence-electron chi connectivity index (χ2n) is 6.11. The highest BCUT2D eigenvalue weighted by Gasteiger charge is 2.17. The molecule has 2 aromatic rings. The van der Waals surface area contributed by atoms with Crippen LogP contribution in [0.25, 0.3) is 11.1 Å². The van der Waals surface area contributed by atoms with E-state index >= 15 is 0 Å². The Labute approximate surface area is 156 Å². The normalized spacial score (nSPS) is 11.5. The number of benzene rings is 1. The van der Waals surface area contributed by atoms with Gasteiger partial charge in [0.25, 0.3) is 5.91 Å². The first-order valence-electron chi connectivity index (χ1n) is 7.67. The van der Waals surface area contributed by atoms with Gasteiger partial charge in [0, 0.05) is 11.8 Å². The summed E-state index contributed by atoms with van der Waals surface area (Å²) in [6.45, 7) is 4.45. The number of ether oxygens (including phenoxy) is 1. The molecule has 0 unspecified atom stereocenters. The van der Waals surface area contributed by atoms with Crippen LogP contribution < -0.4 is 9.46 Å². The molecule has 0 saturated heterocycles. The third-order valence-corrected chi connectivity index (χ3v) is 4.01. The number of amides is 1. The minimum Gasteiger partial charge on any atom is -0.476 e. The SMILES string of the molecule is CC(C)COc1ncc(-c2ccc(C(=O)NS(C)(=O)=O)c(F)c2)cc1Cl. The molecule has 0 aliphatic rings. The van der Waals surface area contributed by atoms with Gasteiger partial charge >= 0.3 is 0 Å². The van der Waals surface area contributed by atoms with E-state index in [0.717, 1.165) is 12.3 Å². The van der Waals surface area contributed by atoms with Crippen LogP contribution in [0, 0.1) is 11.7 Å². The van der Waals surface area contributed by atoms with Gasteiger partial charge in [-0.05, 0) is 29.7 Å². The lowest BCUT2D eigenvalue weighted by molar-refractivity contribution is 0.0978. The summed E-state index contributed by atoms with van der Waals surface area (Å²) in [4.78, 5) is 15.9. The molecule has 0 saturated carbocycles. The molecule has 2 rings (SSSR count). The molecule has 1 aromatic heterocycles. The Balaban J connectivity index is 2.26. The first kappa shape index (κ1) is 20.1. The maximum Gasteiger partial charge on any atom is 0.267 e. The van der Waals surface area contributed by atoms with E-state index in [1.54, 1.807) is 10.8 Å². The predicted octanol–water partition coefficient (Wildman–Crippen LogP) is 3.27. The molecule has 0 spiro atoms. The summed E-state index contributed by atoms with van der Waals surface area (Å²) in [5.74, 6) is -1.30. The summed E-state index contributed by atoms with van der Waals surface area (Å²) in [6, 6.07) is 5.36. The van der Waals surface area contributed by atoms with Crippen molar-refractivity contribution < 1.29 is 22.3 Å². The highest BCUT2D eigenvalue weighted by Crippen LogP contribution is 2.29. The van der Waals surface area contributed by atoms with Gasteiger partial charge in [-0.3, -0.25) is 4.79 Å². The van der Waals surface area contributed by atoms with Crippen LogP contribution in [0.3, 0.4) is 0 Å². The number of aromatic nitrogens is 1. The Morgan fingerprint density at radius 2 is 2.00 bits per heavy atom. The van der Waals surface area contributed by atoms with Crippen molar-refractivity contribution in [2.45, 2.75) is 13.8 Å². The lowest BCUT2D eigenvalue weighted by Crippen LogP contribution is -2.30. The van der Waals surface area contributed by atoms with E-state index in [9.17, 15) is 17.6 Å². The van der Waals surface area contributed by atoms with Crippen molar-refractivity contribution in [3.8, 4) is 17.0 Å². The van der Waals surface area contributed by atoms with Crippen LogP contribution in [-0.4, -0.2) is 32.2 Å². The van der Waals surface area contributed by atoms with E-state index in [2.05, 4.69) is 4.98 Å². The summed E-state index contributed by atoms with van der Waals surface area (Å²) in [5, 5.41) is 0.280. The van der Waals surface area contributed by atoms with E-state index in [-0.39, 0.29) is 16.5 Å². The van der Waals surface area contributed by atoms with Gasteiger partial charge in [-0.1, -0.05) is 31.5 Å². The Morgan fingerprint density at radius 1 is 1.31 bits per heavy atom. The fourth-order valence-corrected chi connectivity index (χ4v) is 2.70. The smallest absolute Gasteiger partial charge is 0.267 e. The number of halogens is 2. The van der Waals surface area contributed by atoms with Gasteiger partial charge in [0.1, 0.15) is 10.8 Å². The Morgan fingerprint density at radius 3 is 2.54 bits per heavy atom. The number of carbonyl (C=O) groups excluding carboxylic acids is 1. The number of hydrogen-bond donors (Lipinski definition) is 1. The largest absolute Gasteiger partial charge is 0.476 e. The van der Waals surface area contributed by atoms with Crippen LogP contribution in [0.5, 0.6) is 5.88 Å². The van der Waals surface area contributed by atoms with Crippen molar-refractivity contribution in [2.24, 2.45) is 5.92 Å². The molecule has 0 aliphatic heterocycles. The summed E-state index contributed by atoms with van der Waals surface area (Å²) in [5.41, 5.74) is 0.583. The number of pyridine rings is 1. The zero-order valence-corrected chi connectivity index (χ0v) is 16.0. The predicted molar refractivity (Wildman–Crippen MR) is 97.3 cm³/mol. The fourth-order valence-electron chi connectivity index (χ4n) is 2.04. The van der Waals surface area contributed by atoms with Crippen LogP contribution in [-0.2, 0) is 10.0 Å². The second-order valence-corrected chi connectivity index (χ2v) is 8.27. The van der Waals surface area contributed by atoms with Crippen molar-refractivity contribution in [2.75, 3.05) is 12.9 Å². The minimum atomic E-state index is -3.78. The fraction of sp³-hybridized carbons (Fsp3) is 0.294. The van der Waals surface area contributed by atoms with Gasteiger partial charge in [-0.25, -0.2) is 22.5 Å². The van der Waals surface area contributed by atoms with Crippen LogP contribution in [0.15, 0.2) is 30.5 Å². The molecule has 9 heteroatoms. The molecule has 0 aliphatic carbocycles. The van der Waals surface area contributed by atoms with Gasteiger partial charge in [0.2, 0.25) is 15.9 Å².